The zero-order chi connectivity index (χ0) is 14.8. The SMILES string of the molecule is CCC1CCC(Nc2cc(C(F)(F)F)ccc2F)CC1. The Labute approximate surface area is 116 Å². The molecule has 1 N–H and O–H groups in total. The van der Waals surface area contributed by atoms with E-state index in [1.807, 2.05) is 0 Å². The summed E-state index contributed by atoms with van der Waals surface area (Å²) in [5.41, 5.74) is -0.858. The van der Waals surface area contributed by atoms with Gasteiger partial charge in [0.15, 0.2) is 0 Å². The Morgan fingerprint density at radius 3 is 2.35 bits per heavy atom. The lowest BCUT2D eigenvalue weighted by molar-refractivity contribution is -0.137. The number of rotatable bonds is 3. The molecule has 0 amide bonds. The summed E-state index contributed by atoms with van der Waals surface area (Å²) in [4.78, 5) is 0. The van der Waals surface area contributed by atoms with E-state index < -0.39 is 17.6 Å². The summed E-state index contributed by atoms with van der Waals surface area (Å²) >= 11 is 0. The topological polar surface area (TPSA) is 12.0 Å². The van der Waals surface area contributed by atoms with Crippen molar-refractivity contribution in [1.82, 2.24) is 0 Å². The number of hydrogen-bond donors (Lipinski definition) is 1. The molecule has 0 unspecified atom stereocenters. The van der Waals surface area contributed by atoms with Crippen molar-refractivity contribution in [2.24, 2.45) is 5.92 Å². The van der Waals surface area contributed by atoms with Crippen LogP contribution in [-0.2, 0) is 6.18 Å². The number of halogens is 4. The quantitative estimate of drug-likeness (QED) is 0.752. The van der Waals surface area contributed by atoms with Crippen LogP contribution in [0.5, 0.6) is 0 Å². The maximum Gasteiger partial charge on any atom is 0.416 e. The van der Waals surface area contributed by atoms with Gasteiger partial charge in [-0.2, -0.15) is 13.2 Å². The molecule has 0 aliphatic heterocycles. The van der Waals surface area contributed by atoms with E-state index in [0.717, 1.165) is 50.3 Å². The number of benzene rings is 1. The van der Waals surface area contributed by atoms with Crippen molar-refractivity contribution in [2.45, 2.75) is 51.2 Å². The van der Waals surface area contributed by atoms with Crippen LogP contribution < -0.4 is 5.32 Å². The average molecular weight is 289 g/mol. The fourth-order valence-electron chi connectivity index (χ4n) is 2.75. The van der Waals surface area contributed by atoms with E-state index in [1.165, 1.54) is 0 Å². The molecular weight excluding hydrogens is 270 g/mol. The van der Waals surface area contributed by atoms with Crippen LogP contribution in [0, 0.1) is 11.7 Å². The molecule has 0 saturated heterocycles. The molecule has 1 fully saturated rings. The predicted octanol–water partition coefficient (Wildman–Crippen LogP) is 5.23. The van der Waals surface area contributed by atoms with E-state index in [2.05, 4.69) is 12.2 Å². The van der Waals surface area contributed by atoms with Gasteiger partial charge in [0.05, 0.1) is 11.3 Å². The van der Waals surface area contributed by atoms with Gasteiger partial charge in [0, 0.05) is 6.04 Å². The minimum atomic E-state index is -4.44. The Balaban J connectivity index is 2.06. The lowest BCUT2D eigenvalue weighted by atomic mass is 9.84. The van der Waals surface area contributed by atoms with Crippen molar-refractivity contribution in [3.8, 4) is 0 Å². The van der Waals surface area contributed by atoms with Crippen LogP contribution >= 0.6 is 0 Å². The third kappa shape index (κ3) is 3.64. The second-order valence-electron chi connectivity index (χ2n) is 5.46. The van der Waals surface area contributed by atoms with Crippen LogP contribution in [0.2, 0.25) is 0 Å². The average Bonchev–Trinajstić information content (AvgIpc) is 2.41. The van der Waals surface area contributed by atoms with E-state index in [9.17, 15) is 17.6 Å². The van der Waals surface area contributed by atoms with Gasteiger partial charge < -0.3 is 5.32 Å². The highest BCUT2D eigenvalue weighted by atomic mass is 19.4. The standard InChI is InChI=1S/C15H19F4N/c1-2-10-3-6-12(7-4-10)20-14-9-11(15(17,18)19)5-8-13(14)16/h5,8-10,12,20H,2-4,6-7H2,1H3. The molecule has 2 rings (SSSR count). The predicted molar refractivity (Wildman–Crippen MR) is 71.1 cm³/mol. The molecule has 5 heteroatoms. The zero-order valence-corrected chi connectivity index (χ0v) is 11.4. The van der Waals surface area contributed by atoms with E-state index in [-0.39, 0.29) is 11.7 Å². The number of anilines is 1. The van der Waals surface area contributed by atoms with Crippen molar-refractivity contribution in [2.75, 3.05) is 5.32 Å². The van der Waals surface area contributed by atoms with Gasteiger partial charge in [-0.3, -0.25) is 0 Å². The van der Waals surface area contributed by atoms with Crippen LogP contribution in [0.4, 0.5) is 23.2 Å². The maximum atomic E-state index is 13.6. The minimum absolute atomic E-state index is 0.0419. The normalized spacial score (nSPS) is 23.6. The smallest absolute Gasteiger partial charge is 0.380 e. The van der Waals surface area contributed by atoms with Gasteiger partial charge in [-0.1, -0.05) is 13.3 Å². The fourth-order valence-corrected chi connectivity index (χ4v) is 2.75. The first kappa shape index (κ1) is 15.1. The summed E-state index contributed by atoms with van der Waals surface area (Å²) in [6.45, 7) is 2.14. The van der Waals surface area contributed by atoms with Crippen molar-refractivity contribution in [3.05, 3.63) is 29.6 Å². The zero-order valence-electron chi connectivity index (χ0n) is 11.4. The number of alkyl halides is 3. The lowest BCUT2D eigenvalue weighted by Crippen LogP contribution is -2.26. The summed E-state index contributed by atoms with van der Waals surface area (Å²) in [5, 5.41) is 2.93. The van der Waals surface area contributed by atoms with Gasteiger partial charge in [-0.25, -0.2) is 4.39 Å². The lowest BCUT2D eigenvalue weighted by Gasteiger charge is -2.29. The van der Waals surface area contributed by atoms with Crippen molar-refractivity contribution in [1.29, 1.82) is 0 Å². The van der Waals surface area contributed by atoms with Crippen LogP contribution in [-0.4, -0.2) is 6.04 Å². The van der Waals surface area contributed by atoms with Gasteiger partial charge >= 0.3 is 6.18 Å². The van der Waals surface area contributed by atoms with Gasteiger partial charge in [0.1, 0.15) is 5.82 Å². The Bertz CT molecular complexity index is 448. The Morgan fingerprint density at radius 2 is 1.80 bits per heavy atom. The van der Waals surface area contributed by atoms with Crippen LogP contribution in [0.3, 0.4) is 0 Å². The van der Waals surface area contributed by atoms with Gasteiger partial charge in [-0.15, -0.1) is 0 Å². The van der Waals surface area contributed by atoms with E-state index in [0.29, 0.717) is 5.92 Å². The first-order chi connectivity index (χ1) is 9.40. The fraction of sp³-hybridized carbons (Fsp3) is 0.600. The Morgan fingerprint density at radius 1 is 1.15 bits per heavy atom. The van der Waals surface area contributed by atoms with Gasteiger partial charge in [0.25, 0.3) is 0 Å². The highest BCUT2D eigenvalue weighted by Gasteiger charge is 2.31. The molecule has 112 valence electrons. The highest BCUT2D eigenvalue weighted by Crippen LogP contribution is 2.33. The maximum absolute atomic E-state index is 13.6. The van der Waals surface area contributed by atoms with Crippen molar-refractivity contribution in [3.63, 3.8) is 0 Å². The van der Waals surface area contributed by atoms with Crippen LogP contribution in [0.1, 0.15) is 44.6 Å². The Hall–Kier alpha value is -1.26. The van der Waals surface area contributed by atoms with E-state index in [4.69, 9.17) is 0 Å². The molecule has 1 saturated carbocycles. The summed E-state index contributed by atoms with van der Waals surface area (Å²) in [7, 11) is 0. The first-order valence-corrected chi connectivity index (χ1v) is 7.03. The summed E-state index contributed by atoms with van der Waals surface area (Å²) in [6.07, 6.45) is 0.556. The summed E-state index contributed by atoms with van der Waals surface area (Å²) in [5.74, 6) is 0.0648. The van der Waals surface area contributed by atoms with Crippen molar-refractivity contribution < 1.29 is 17.6 Å². The number of hydrogen-bond acceptors (Lipinski definition) is 1. The third-order valence-electron chi connectivity index (χ3n) is 4.08. The molecule has 1 aliphatic rings. The summed E-state index contributed by atoms with van der Waals surface area (Å²) in [6, 6.07) is 2.58. The second kappa shape index (κ2) is 6.02. The molecule has 0 heterocycles. The van der Waals surface area contributed by atoms with Crippen molar-refractivity contribution >= 4 is 5.69 Å². The molecule has 1 aromatic carbocycles. The molecule has 1 nitrogen and oxygen atoms in total. The molecule has 0 atom stereocenters. The van der Waals surface area contributed by atoms with Gasteiger partial charge in [0.2, 0.25) is 0 Å². The largest absolute Gasteiger partial charge is 0.416 e. The van der Waals surface area contributed by atoms with Crippen LogP contribution in [0.15, 0.2) is 18.2 Å². The van der Waals surface area contributed by atoms with Gasteiger partial charge in [-0.05, 0) is 49.8 Å². The molecule has 0 aromatic heterocycles. The van der Waals surface area contributed by atoms with E-state index in [1.54, 1.807) is 0 Å². The minimum Gasteiger partial charge on any atom is -0.380 e. The third-order valence-corrected chi connectivity index (χ3v) is 4.08. The molecule has 0 radical (unpaired) electrons. The highest BCUT2D eigenvalue weighted by molar-refractivity contribution is 5.48. The van der Waals surface area contributed by atoms with Crippen LogP contribution in [0.25, 0.3) is 0 Å². The molecule has 20 heavy (non-hydrogen) atoms. The number of nitrogens with one attached hydrogen (secondary N) is 1. The monoisotopic (exact) mass is 289 g/mol. The molecular formula is C15H19F4N. The Kier molecular flexibility index (Phi) is 4.55. The second-order valence-corrected chi connectivity index (χ2v) is 5.46. The molecule has 1 aromatic rings. The first-order valence-electron chi connectivity index (χ1n) is 7.03. The molecule has 0 bridgehead atoms. The summed E-state index contributed by atoms with van der Waals surface area (Å²) < 4.78 is 51.5. The molecule has 0 spiro atoms. The van der Waals surface area contributed by atoms with E-state index >= 15 is 0 Å². The molecule has 1 aliphatic carbocycles.